The summed E-state index contributed by atoms with van der Waals surface area (Å²) in [5.41, 5.74) is 0.0876. The molecule has 1 aromatic carbocycles. The van der Waals surface area contributed by atoms with Crippen LogP contribution >= 0.6 is 0 Å². The summed E-state index contributed by atoms with van der Waals surface area (Å²) in [6, 6.07) is 5.06. The van der Waals surface area contributed by atoms with Crippen molar-refractivity contribution in [2.75, 3.05) is 36.8 Å². The maximum Gasteiger partial charge on any atom is 0.311 e. The molecule has 2 fully saturated rings. The summed E-state index contributed by atoms with van der Waals surface area (Å²) in [5, 5.41) is 0. The average Bonchev–Trinajstić information content (AvgIpc) is 3.06. The molecule has 9 heteroatoms. The highest BCUT2D eigenvalue weighted by atomic mass is 32.2. The monoisotopic (exact) mass is 356 g/mol. The van der Waals surface area contributed by atoms with Crippen molar-refractivity contribution < 1.29 is 27.1 Å². The van der Waals surface area contributed by atoms with Gasteiger partial charge in [0.05, 0.1) is 24.5 Å². The first-order chi connectivity index (χ1) is 11.3. The molecule has 2 atom stereocenters. The van der Waals surface area contributed by atoms with E-state index in [1.807, 2.05) is 0 Å². The standard InChI is InChI=1S/C15H17FN2O5S/c1-24(21,22)18(12-4-2-3-11(16)5-12)8-14(19)17-6-10-9-23-15(20)13(10)7-17/h2-5,10,13H,6-9H2,1H3/t10-,13-/m1/s1. The lowest BCUT2D eigenvalue weighted by molar-refractivity contribution is -0.142. The number of anilines is 1. The van der Waals surface area contributed by atoms with Crippen molar-refractivity contribution in [3.05, 3.63) is 30.1 Å². The molecule has 1 aromatic rings. The first-order valence-corrected chi connectivity index (χ1v) is 9.28. The predicted molar refractivity (Wildman–Crippen MR) is 83.1 cm³/mol. The lowest BCUT2D eigenvalue weighted by Gasteiger charge is -2.25. The van der Waals surface area contributed by atoms with Gasteiger partial charge in [-0.25, -0.2) is 12.8 Å². The quantitative estimate of drug-likeness (QED) is 0.721. The molecule has 0 radical (unpaired) electrons. The molecule has 3 rings (SSSR count). The molecule has 0 bridgehead atoms. The molecule has 2 heterocycles. The summed E-state index contributed by atoms with van der Waals surface area (Å²) >= 11 is 0. The van der Waals surface area contributed by atoms with Crippen LogP contribution in [0.4, 0.5) is 10.1 Å². The van der Waals surface area contributed by atoms with Gasteiger partial charge in [-0.3, -0.25) is 13.9 Å². The van der Waals surface area contributed by atoms with Gasteiger partial charge in [-0.15, -0.1) is 0 Å². The van der Waals surface area contributed by atoms with E-state index in [9.17, 15) is 22.4 Å². The third-order valence-electron chi connectivity index (χ3n) is 4.31. The maximum atomic E-state index is 13.4. The number of benzene rings is 1. The van der Waals surface area contributed by atoms with Crippen LogP contribution in [-0.4, -0.2) is 57.7 Å². The highest BCUT2D eigenvalue weighted by Crippen LogP contribution is 2.30. The van der Waals surface area contributed by atoms with Crippen LogP contribution in [0.1, 0.15) is 0 Å². The topological polar surface area (TPSA) is 84.0 Å². The van der Waals surface area contributed by atoms with E-state index in [1.54, 1.807) is 0 Å². The summed E-state index contributed by atoms with van der Waals surface area (Å²) < 4.78 is 43.2. The van der Waals surface area contributed by atoms with E-state index >= 15 is 0 Å². The number of halogens is 1. The number of carbonyl (C=O) groups excluding carboxylic acids is 2. The van der Waals surface area contributed by atoms with E-state index in [-0.39, 0.29) is 36.6 Å². The molecule has 2 aliphatic heterocycles. The number of rotatable bonds is 4. The van der Waals surface area contributed by atoms with E-state index < -0.39 is 28.3 Å². The Kier molecular flexibility index (Phi) is 4.20. The zero-order valence-electron chi connectivity index (χ0n) is 13.0. The fourth-order valence-corrected chi connectivity index (χ4v) is 3.90. The van der Waals surface area contributed by atoms with Crippen LogP contribution in [0.15, 0.2) is 24.3 Å². The van der Waals surface area contributed by atoms with Gasteiger partial charge in [-0.05, 0) is 18.2 Å². The first-order valence-electron chi connectivity index (χ1n) is 7.43. The number of nitrogens with zero attached hydrogens (tertiary/aromatic N) is 2. The zero-order valence-corrected chi connectivity index (χ0v) is 13.8. The van der Waals surface area contributed by atoms with Crippen LogP contribution in [-0.2, 0) is 24.3 Å². The highest BCUT2D eigenvalue weighted by Gasteiger charge is 2.45. The molecule has 24 heavy (non-hydrogen) atoms. The van der Waals surface area contributed by atoms with Crippen molar-refractivity contribution in [2.45, 2.75) is 0 Å². The van der Waals surface area contributed by atoms with Crippen molar-refractivity contribution in [1.29, 1.82) is 0 Å². The smallest absolute Gasteiger partial charge is 0.311 e. The van der Waals surface area contributed by atoms with Gasteiger partial charge in [0.2, 0.25) is 15.9 Å². The second-order valence-corrected chi connectivity index (χ2v) is 7.95. The van der Waals surface area contributed by atoms with Crippen molar-refractivity contribution in [2.24, 2.45) is 11.8 Å². The first kappa shape index (κ1) is 16.7. The number of cyclic esters (lactones) is 1. The number of likely N-dealkylation sites (tertiary alicyclic amines) is 1. The minimum atomic E-state index is -3.76. The third-order valence-corrected chi connectivity index (χ3v) is 5.45. The number of sulfonamides is 1. The minimum absolute atomic E-state index is 0.0395. The fraction of sp³-hybridized carbons (Fsp3) is 0.467. The van der Waals surface area contributed by atoms with E-state index in [4.69, 9.17) is 4.74 Å². The summed E-state index contributed by atoms with van der Waals surface area (Å²) in [6.45, 7) is 0.433. The summed E-state index contributed by atoms with van der Waals surface area (Å²) in [7, 11) is -3.76. The lowest BCUT2D eigenvalue weighted by atomic mass is 10.0. The Morgan fingerprint density at radius 3 is 2.79 bits per heavy atom. The SMILES string of the molecule is CS(=O)(=O)N(CC(=O)N1C[C@@H]2COC(=O)[C@@H]2C1)c1cccc(F)c1. The van der Waals surface area contributed by atoms with Gasteiger partial charge in [0.25, 0.3) is 0 Å². The summed E-state index contributed by atoms with van der Waals surface area (Å²) in [5.74, 6) is -1.71. The van der Waals surface area contributed by atoms with Crippen molar-refractivity contribution in [3.63, 3.8) is 0 Å². The number of amides is 1. The summed E-state index contributed by atoms with van der Waals surface area (Å²) in [6.07, 6.45) is 0.960. The number of hydrogen-bond acceptors (Lipinski definition) is 5. The molecule has 0 saturated carbocycles. The van der Waals surface area contributed by atoms with Crippen molar-refractivity contribution in [1.82, 2.24) is 4.90 Å². The molecule has 0 aromatic heterocycles. The Labute approximate surface area is 139 Å². The van der Waals surface area contributed by atoms with Crippen LogP contribution in [0.25, 0.3) is 0 Å². The summed E-state index contributed by atoms with van der Waals surface area (Å²) in [4.78, 5) is 25.5. The molecule has 0 unspecified atom stereocenters. The Bertz CT molecular complexity index is 782. The third kappa shape index (κ3) is 3.21. The molecule has 2 saturated heterocycles. The van der Waals surface area contributed by atoms with Crippen LogP contribution in [0.5, 0.6) is 0 Å². The number of carbonyl (C=O) groups is 2. The predicted octanol–water partition coefficient (Wildman–Crippen LogP) is 0.223. The molecule has 0 spiro atoms. The van der Waals surface area contributed by atoms with Gasteiger partial charge >= 0.3 is 5.97 Å². The van der Waals surface area contributed by atoms with Gasteiger partial charge in [0, 0.05) is 19.0 Å². The second kappa shape index (κ2) is 6.04. The Morgan fingerprint density at radius 1 is 1.42 bits per heavy atom. The largest absolute Gasteiger partial charge is 0.465 e. The van der Waals surface area contributed by atoms with E-state index in [0.29, 0.717) is 6.54 Å². The molecule has 130 valence electrons. The highest BCUT2D eigenvalue weighted by molar-refractivity contribution is 7.92. The van der Waals surface area contributed by atoms with Crippen LogP contribution < -0.4 is 4.31 Å². The van der Waals surface area contributed by atoms with Gasteiger partial charge in [-0.2, -0.15) is 0 Å². The normalized spacial score (nSPS) is 23.1. The van der Waals surface area contributed by atoms with E-state index in [1.165, 1.54) is 23.1 Å². The van der Waals surface area contributed by atoms with Gasteiger partial charge in [0.15, 0.2) is 0 Å². The maximum absolute atomic E-state index is 13.4. The Morgan fingerprint density at radius 2 is 2.17 bits per heavy atom. The molecule has 2 aliphatic rings. The fourth-order valence-electron chi connectivity index (χ4n) is 3.06. The zero-order chi connectivity index (χ0) is 17.5. The molecule has 0 N–H and O–H groups in total. The van der Waals surface area contributed by atoms with Gasteiger partial charge in [-0.1, -0.05) is 6.07 Å². The van der Waals surface area contributed by atoms with Crippen molar-refractivity contribution >= 4 is 27.6 Å². The number of ether oxygens (including phenoxy) is 1. The Hall–Kier alpha value is -2.16. The molecule has 0 aliphatic carbocycles. The Balaban J connectivity index is 1.76. The number of fused-ring (bicyclic) bond motifs is 1. The number of esters is 1. The average molecular weight is 356 g/mol. The van der Waals surface area contributed by atoms with Crippen LogP contribution in [0, 0.1) is 17.7 Å². The second-order valence-electron chi connectivity index (χ2n) is 6.04. The molecule has 7 nitrogen and oxygen atoms in total. The van der Waals surface area contributed by atoms with Gasteiger partial charge in [0.1, 0.15) is 12.4 Å². The number of hydrogen-bond donors (Lipinski definition) is 0. The van der Waals surface area contributed by atoms with Crippen molar-refractivity contribution in [3.8, 4) is 0 Å². The van der Waals surface area contributed by atoms with Crippen LogP contribution in [0.3, 0.4) is 0 Å². The molecular formula is C15H17FN2O5S. The van der Waals surface area contributed by atoms with E-state index in [2.05, 4.69) is 0 Å². The molecular weight excluding hydrogens is 339 g/mol. The van der Waals surface area contributed by atoms with Gasteiger partial charge < -0.3 is 9.64 Å². The lowest BCUT2D eigenvalue weighted by Crippen LogP contribution is -2.42. The minimum Gasteiger partial charge on any atom is -0.465 e. The van der Waals surface area contributed by atoms with E-state index in [0.717, 1.165) is 16.6 Å². The molecule has 1 amide bonds. The van der Waals surface area contributed by atoms with Crippen LogP contribution in [0.2, 0.25) is 0 Å².